The molecule has 1 aromatic carbocycles. The van der Waals surface area contributed by atoms with Gasteiger partial charge < -0.3 is 15.2 Å². The van der Waals surface area contributed by atoms with E-state index in [4.69, 9.17) is 4.74 Å². The maximum Gasteiger partial charge on any atom is 0.297 e. The lowest BCUT2D eigenvalue weighted by Crippen LogP contribution is -2.34. The molecule has 2 aromatic rings. The van der Waals surface area contributed by atoms with Gasteiger partial charge in [-0.25, -0.2) is 9.88 Å². The summed E-state index contributed by atoms with van der Waals surface area (Å²) in [5.41, 5.74) is -0.430. The van der Waals surface area contributed by atoms with E-state index in [1.807, 2.05) is 0 Å². The van der Waals surface area contributed by atoms with Crippen LogP contribution >= 0.6 is 0 Å². The van der Waals surface area contributed by atoms with E-state index in [0.29, 0.717) is 11.3 Å². The summed E-state index contributed by atoms with van der Waals surface area (Å²) in [6, 6.07) is 6.56. The number of nitrogens with zero attached hydrogens (tertiary/aromatic N) is 3. The van der Waals surface area contributed by atoms with Crippen LogP contribution in [0.2, 0.25) is 0 Å². The molecule has 0 saturated carbocycles. The molecule has 0 bridgehead atoms. The summed E-state index contributed by atoms with van der Waals surface area (Å²) >= 11 is 0. The Kier molecular flexibility index (Phi) is 4.66. The number of ether oxygens (including phenoxy) is 1. The van der Waals surface area contributed by atoms with E-state index in [2.05, 4.69) is 16.9 Å². The Labute approximate surface area is 169 Å². The first kappa shape index (κ1) is 19.1. The number of fused-ring (bicyclic) bond motifs is 1. The Morgan fingerprint density at radius 3 is 2.63 bits per heavy atom. The first-order chi connectivity index (χ1) is 14.4. The summed E-state index contributed by atoms with van der Waals surface area (Å²) < 4.78 is 6.44. The quantitative estimate of drug-likeness (QED) is 0.696. The number of benzene rings is 1. The molecule has 0 aliphatic carbocycles. The largest absolute Gasteiger partial charge is 0.501 e. The molecule has 3 amide bonds. The van der Waals surface area contributed by atoms with Crippen LogP contribution in [-0.4, -0.2) is 39.0 Å². The van der Waals surface area contributed by atoms with Gasteiger partial charge in [0.05, 0.1) is 12.2 Å². The van der Waals surface area contributed by atoms with Gasteiger partial charge in [-0.15, -0.1) is 0 Å². The monoisotopic (exact) mass is 408 g/mol. The second-order valence-corrected chi connectivity index (χ2v) is 6.52. The zero-order chi connectivity index (χ0) is 21.4. The van der Waals surface area contributed by atoms with E-state index in [1.165, 1.54) is 4.57 Å². The minimum absolute atomic E-state index is 0.0638. The summed E-state index contributed by atoms with van der Waals surface area (Å²) in [6.07, 6.45) is 2.32. The molecule has 4 rings (SSSR count). The molecule has 0 spiro atoms. The summed E-state index contributed by atoms with van der Waals surface area (Å²) in [5.74, 6) is -2.38. The lowest BCUT2D eigenvalue weighted by Gasteiger charge is -2.21. The number of para-hydroxylation sites is 1. The molecule has 30 heavy (non-hydrogen) atoms. The molecular formula is C20H16N4O6. The summed E-state index contributed by atoms with van der Waals surface area (Å²) in [5, 5.41) is 12.7. The topological polar surface area (TPSA) is 131 Å². The van der Waals surface area contributed by atoms with Gasteiger partial charge in [0.1, 0.15) is 6.61 Å². The third-order valence-corrected chi connectivity index (χ3v) is 4.68. The Bertz CT molecular complexity index is 1180. The number of carbonyl (C=O) groups is 3. The molecule has 2 aliphatic rings. The van der Waals surface area contributed by atoms with Gasteiger partial charge in [0, 0.05) is 18.7 Å². The van der Waals surface area contributed by atoms with E-state index in [-0.39, 0.29) is 31.3 Å². The van der Waals surface area contributed by atoms with Crippen LogP contribution in [0.3, 0.4) is 0 Å². The van der Waals surface area contributed by atoms with Crippen molar-refractivity contribution in [1.29, 1.82) is 0 Å². The number of carbonyl (C=O) groups excluding carboxylic acids is 3. The summed E-state index contributed by atoms with van der Waals surface area (Å²) in [7, 11) is 0. The molecule has 1 aromatic heterocycles. The van der Waals surface area contributed by atoms with Crippen LogP contribution < -0.4 is 15.8 Å². The van der Waals surface area contributed by atoms with Crippen LogP contribution in [0.15, 0.2) is 47.8 Å². The number of imide groups is 1. The summed E-state index contributed by atoms with van der Waals surface area (Å²) in [4.78, 5) is 54.0. The third-order valence-electron chi connectivity index (χ3n) is 4.68. The number of rotatable bonds is 4. The van der Waals surface area contributed by atoms with Crippen LogP contribution in [-0.2, 0) is 27.4 Å². The van der Waals surface area contributed by atoms with Gasteiger partial charge in [0.25, 0.3) is 23.3 Å². The average molecular weight is 408 g/mol. The molecule has 0 fully saturated rings. The van der Waals surface area contributed by atoms with E-state index in [1.54, 1.807) is 24.3 Å². The van der Waals surface area contributed by atoms with Gasteiger partial charge in [-0.1, -0.05) is 24.8 Å². The Hall–Kier alpha value is -4.21. The molecule has 0 atom stereocenters. The highest BCUT2D eigenvalue weighted by Crippen LogP contribution is 2.24. The van der Waals surface area contributed by atoms with Crippen molar-refractivity contribution >= 4 is 29.2 Å². The van der Waals surface area contributed by atoms with E-state index >= 15 is 0 Å². The van der Waals surface area contributed by atoms with E-state index in [0.717, 1.165) is 17.1 Å². The second-order valence-electron chi connectivity index (χ2n) is 6.52. The number of aromatic nitrogens is 2. The second kappa shape index (κ2) is 7.32. The fourth-order valence-electron chi connectivity index (χ4n) is 3.22. The zero-order valence-electron chi connectivity index (χ0n) is 15.6. The number of anilines is 1. The van der Waals surface area contributed by atoms with Crippen LogP contribution in [0.25, 0.3) is 5.76 Å². The number of hydrogen-bond donors (Lipinski definition) is 2. The fourth-order valence-corrected chi connectivity index (χ4v) is 3.22. The van der Waals surface area contributed by atoms with Gasteiger partial charge in [0.2, 0.25) is 5.75 Å². The van der Waals surface area contributed by atoms with Crippen LogP contribution in [0.4, 0.5) is 5.69 Å². The first-order valence-corrected chi connectivity index (χ1v) is 8.96. The smallest absolute Gasteiger partial charge is 0.297 e. The van der Waals surface area contributed by atoms with Crippen LogP contribution in [0, 0.1) is 0 Å². The molecule has 0 radical (unpaired) electrons. The van der Waals surface area contributed by atoms with Crippen molar-refractivity contribution in [2.45, 2.75) is 13.1 Å². The van der Waals surface area contributed by atoms with Crippen molar-refractivity contribution in [2.75, 3.05) is 11.5 Å². The number of nitrogens with one attached hydrogen (secondary N) is 1. The molecule has 2 N–H and O–H groups in total. The molecular weight excluding hydrogens is 392 g/mol. The van der Waals surface area contributed by atoms with Crippen molar-refractivity contribution in [2.24, 2.45) is 0 Å². The minimum Gasteiger partial charge on any atom is -0.501 e. The lowest BCUT2D eigenvalue weighted by atomic mass is 10.1. The molecule has 10 heteroatoms. The van der Waals surface area contributed by atoms with Gasteiger partial charge in [0.15, 0.2) is 17.3 Å². The van der Waals surface area contributed by atoms with Crippen LogP contribution in [0.1, 0.15) is 21.9 Å². The highest BCUT2D eigenvalue weighted by Gasteiger charge is 2.28. The van der Waals surface area contributed by atoms with E-state index in [9.17, 15) is 24.3 Å². The normalized spacial score (nSPS) is 15.2. The predicted molar refractivity (Wildman–Crippen MR) is 104 cm³/mol. The average Bonchev–Trinajstić information content (AvgIpc) is 3.07. The maximum atomic E-state index is 12.6. The number of hydrogen-bond acceptors (Lipinski definition) is 7. The molecule has 10 nitrogen and oxygen atoms in total. The molecule has 3 heterocycles. The van der Waals surface area contributed by atoms with Gasteiger partial charge in [-0.05, 0) is 11.6 Å². The number of aromatic hydroxyl groups is 1. The highest BCUT2D eigenvalue weighted by molar-refractivity contribution is 6.28. The standard InChI is InChI=1S/C20H16N4O6/c1-11-18-22-16(17(27)20(29)23(18)8-9-30-11)19(28)21-10-12-4-2-3-5-13(12)24-14(25)6-7-15(24)26/h2-7,27H,1,8-10H2,(H,21,28). The van der Waals surface area contributed by atoms with Gasteiger partial charge >= 0.3 is 0 Å². The SMILES string of the molecule is C=C1OCCn2c1nc(C(=O)NCc1ccccc1N1C(=O)C=CC1=O)c(O)c2=O. The Morgan fingerprint density at radius 2 is 1.90 bits per heavy atom. The van der Waals surface area contributed by atoms with Gasteiger partial charge in [-0.2, -0.15) is 0 Å². The highest BCUT2D eigenvalue weighted by atomic mass is 16.5. The van der Waals surface area contributed by atoms with Gasteiger partial charge in [-0.3, -0.25) is 23.7 Å². The fraction of sp³-hybridized carbons (Fsp3) is 0.150. The third kappa shape index (κ3) is 3.13. The molecule has 0 saturated heterocycles. The van der Waals surface area contributed by atoms with Crippen molar-refractivity contribution < 1.29 is 24.2 Å². The maximum absolute atomic E-state index is 12.6. The van der Waals surface area contributed by atoms with Crippen molar-refractivity contribution in [1.82, 2.24) is 14.9 Å². The zero-order valence-corrected chi connectivity index (χ0v) is 15.6. The Morgan fingerprint density at radius 1 is 1.20 bits per heavy atom. The Balaban J connectivity index is 1.60. The first-order valence-electron chi connectivity index (χ1n) is 8.96. The lowest BCUT2D eigenvalue weighted by molar-refractivity contribution is -0.120. The number of amides is 3. The minimum atomic E-state index is -0.807. The molecule has 152 valence electrons. The van der Waals surface area contributed by atoms with Crippen molar-refractivity contribution in [3.8, 4) is 5.75 Å². The molecule has 0 unspecified atom stereocenters. The van der Waals surface area contributed by atoms with E-state index < -0.39 is 34.7 Å². The van der Waals surface area contributed by atoms with Crippen molar-refractivity contribution in [3.63, 3.8) is 0 Å². The van der Waals surface area contributed by atoms with Crippen molar-refractivity contribution in [3.05, 3.63) is 70.4 Å². The van der Waals surface area contributed by atoms with Crippen LogP contribution in [0.5, 0.6) is 5.75 Å². The predicted octanol–water partition coefficient (Wildman–Crippen LogP) is 0.309. The molecule has 2 aliphatic heterocycles. The summed E-state index contributed by atoms with van der Waals surface area (Å²) in [6.45, 7) is 3.96.